The fraction of sp³-hybridized carbons (Fsp3) is 0.727. The molecular formula is C22H41N2O4P. The van der Waals surface area contributed by atoms with E-state index in [0.29, 0.717) is 5.75 Å². The Bertz CT molecular complexity index is 565. The summed E-state index contributed by atoms with van der Waals surface area (Å²) < 4.78 is 28.7. The molecular weight excluding hydrogens is 387 g/mol. The maximum Gasteiger partial charge on any atom is 0.564 e. The molecule has 1 rings (SSSR count). The first-order valence-electron chi connectivity index (χ1n) is 11.0. The van der Waals surface area contributed by atoms with Crippen LogP contribution in [0.2, 0.25) is 0 Å². The number of benzene rings is 1. The van der Waals surface area contributed by atoms with E-state index in [1.807, 2.05) is 24.3 Å². The van der Waals surface area contributed by atoms with Crippen LogP contribution < -0.4 is 4.52 Å². The van der Waals surface area contributed by atoms with Gasteiger partial charge in [-0.2, -0.15) is 19.4 Å². The lowest BCUT2D eigenvalue weighted by Crippen LogP contribution is -2.19. The van der Waals surface area contributed by atoms with Crippen LogP contribution in [0.3, 0.4) is 0 Å². The van der Waals surface area contributed by atoms with Crippen molar-refractivity contribution < 1.29 is 18.3 Å². The summed E-state index contributed by atoms with van der Waals surface area (Å²) in [5, 5.41) is 2.62. The highest BCUT2D eigenvalue weighted by Crippen LogP contribution is 2.50. The fourth-order valence-electron chi connectivity index (χ4n) is 3.11. The number of unbranched alkanes of at least 4 members (excludes halogenated alkanes) is 9. The SMILES string of the molecule is CCCCCCCCCCCCc1ccc(OP(=O)(ON(C)C)ON(C)C)cc1. The highest BCUT2D eigenvalue weighted by atomic mass is 31.2. The van der Waals surface area contributed by atoms with Crippen molar-refractivity contribution >= 4 is 7.82 Å². The molecule has 0 bridgehead atoms. The zero-order valence-corrected chi connectivity index (χ0v) is 20.0. The molecule has 0 aliphatic rings. The van der Waals surface area contributed by atoms with Gasteiger partial charge in [-0.3, -0.25) is 0 Å². The number of hydroxylamine groups is 4. The first-order valence-corrected chi connectivity index (χ1v) is 12.4. The molecule has 168 valence electrons. The van der Waals surface area contributed by atoms with E-state index in [9.17, 15) is 4.57 Å². The van der Waals surface area contributed by atoms with E-state index in [0.717, 1.165) is 6.42 Å². The second kappa shape index (κ2) is 15.0. The Hall–Kier alpha value is -0.910. The zero-order chi connectivity index (χ0) is 21.5. The van der Waals surface area contributed by atoms with Crippen molar-refractivity contribution in [2.24, 2.45) is 0 Å². The van der Waals surface area contributed by atoms with Crippen molar-refractivity contribution in [1.82, 2.24) is 10.1 Å². The van der Waals surface area contributed by atoms with Crippen molar-refractivity contribution in [1.29, 1.82) is 0 Å². The summed E-state index contributed by atoms with van der Waals surface area (Å²) in [5.41, 5.74) is 1.26. The van der Waals surface area contributed by atoms with E-state index in [4.69, 9.17) is 13.8 Å². The highest BCUT2D eigenvalue weighted by Gasteiger charge is 2.32. The highest BCUT2D eigenvalue weighted by molar-refractivity contribution is 7.48. The molecule has 0 unspecified atom stereocenters. The van der Waals surface area contributed by atoms with Crippen LogP contribution in [-0.2, 0) is 20.2 Å². The molecule has 0 saturated carbocycles. The van der Waals surface area contributed by atoms with E-state index in [-0.39, 0.29) is 0 Å². The van der Waals surface area contributed by atoms with E-state index >= 15 is 0 Å². The molecule has 6 nitrogen and oxygen atoms in total. The molecule has 1 aromatic rings. The molecule has 0 fully saturated rings. The van der Waals surface area contributed by atoms with Crippen molar-refractivity contribution in [3.05, 3.63) is 29.8 Å². The third-order valence-corrected chi connectivity index (χ3v) is 5.97. The number of rotatable bonds is 17. The van der Waals surface area contributed by atoms with Gasteiger partial charge in [0.25, 0.3) is 0 Å². The summed E-state index contributed by atoms with van der Waals surface area (Å²) >= 11 is 0. The lowest BCUT2D eigenvalue weighted by molar-refractivity contribution is -0.0956. The number of hydrogen-bond acceptors (Lipinski definition) is 6. The van der Waals surface area contributed by atoms with Crippen LogP contribution in [-0.4, -0.2) is 38.3 Å². The standard InChI is InChI=1S/C22H41N2O4P/c1-6-7-8-9-10-11-12-13-14-15-16-21-17-19-22(20-18-21)26-29(25,27-23(2)3)28-24(4)5/h17-20H,6-16H2,1-5H3. The third-order valence-electron chi connectivity index (χ3n) is 4.49. The van der Waals surface area contributed by atoms with E-state index in [1.165, 1.54) is 79.9 Å². The van der Waals surface area contributed by atoms with Gasteiger partial charge in [0, 0.05) is 28.2 Å². The lowest BCUT2D eigenvalue weighted by atomic mass is 10.0. The smallest absolute Gasteiger partial charge is 0.402 e. The van der Waals surface area contributed by atoms with E-state index in [2.05, 4.69) is 6.92 Å². The van der Waals surface area contributed by atoms with Crippen molar-refractivity contribution in [2.45, 2.75) is 77.6 Å². The maximum atomic E-state index is 12.7. The molecule has 29 heavy (non-hydrogen) atoms. The van der Waals surface area contributed by atoms with Crippen molar-refractivity contribution in [3.63, 3.8) is 0 Å². The molecule has 0 aliphatic heterocycles. The van der Waals surface area contributed by atoms with Gasteiger partial charge in [-0.05, 0) is 30.5 Å². The molecule has 0 amide bonds. The van der Waals surface area contributed by atoms with Crippen LogP contribution in [0.15, 0.2) is 24.3 Å². The second-order valence-corrected chi connectivity index (χ2v) is 9.31. The largest absolute Gasteiger partial charge is 0.564 e. The van der Waals surface area contributed by atoms with Gasteiger partial charge in [-0.15, -0.1) is 0 Å². The third kappa shape index (κ3) is 13.1. The van der Waals surface area contributed by atoms with Gasteiger partial charge < -0.3 is 4.52 Å². The minimum Gasteiger partial charge on any atom is -0.402 e. The van der Waals surface area contributed by atoms with Crippen molar-refractivity contribution in [2.75, 3.05) is 28.2 Å². The normalized spacial score (nSPS) is 12.1. The van der Waals surface area contributed by atoms with Gasteiger partial charge in [0.1, 0.15) is 5.75 Å². The first-order chi connectivity index (χ1) is 13.8. The van der Waals surface area contributed by atoms with Crippen LogP contribution in [0.25, 0.3) is 0 Å². The van der Waals surface area contributed by atoms with Crippen LogP contribution in [0.4, 0.5) is 0 Å². The van der Waals surface area contributed by atoms with Gasteiger partial charge in [-0.1, -0.05) is 76.8 Å². The van der Waals surface area contributed by atoms with E-state index < -0.39 is 7.82 Å². The summed E-state index contributed by atoms with van der Waals surface area (Å²) in [6.45, 7) is 2.26. The quantitative estimate of drug-likeness (QED) is 0.158. The Morgan fingerprint density at radius 2 is 1.17 bits per heavy atom. The predicted molar refractivity (Wildman–Crippen MR) is 120 cm³/mol. The van der Waals surface area contributed by atoms with Gasteiger partial charge >= 0.3 is 7.82 Å². The number of phosphoric acid groups is 1. The Morgan fingerprint density at radius 1 is 0.724 bits per heavy atom. The van der Waals surface area contributed by atoms with Gasteiger partial charge in [0.05, 0.1) is 0 Å². The molecule has 1 aromatic carbocycles. The van der Waals surface area contributed by atoms with Crippen LogP contribution in [0, 0.1) is 0 Å². The van der Waals surface area contributed by atoms with Crippen LogP contribution >= 0.6 is 7.82 Å². The summed E-state index contributed by atoms with van der Waals surface area (Å²) in [6.07, 6.45) is 14.5. The van der Waals surface area contributed by atoms with Crippen LogP contribution in [0.1, 0.15) is 76.7 Å². The molecule has 0 spiro atoms. The van der Waals surface area contributed by atoms with Gasteiger partial charge in [0.2, 0.25) is 0 Å². The predicted octanol–water partition coefficient (Wildman–Crippen LogP) is 6.62. The van der Waals surface area contributed by atoms with E-state index in [1.54, 1.807) is 28.2 Å². The molecule has 0 radical (unpaired) electrons. The molecule has 0 N–H and O–H groups in total. The summed E-state index contributed by atoms with van der Waals surface area (Å²) in [4.78, 5) is 0. The monoisotopic (exact) mass is 428 g/mol. The molecule has 0 heterocycles. The summed E-state index contributed by atoms with van der Waals surface area (Å²) in [6, 6.07) is 7.66. The van der Waals surface area contributed by atoms with Crippen LogP contribution in [0.5, 0.6) is 5.75 Å². The molecule has 0 atom stereocenters. The average molecular weight is 429 g/mol. The molecule has 7 heteroatoms. The molecule has 0 aromatic heterocycles. The summed E-state index contributed by atoms with van der Waals surface area (Å²) in [7, 11) is 2.76. The topological polar surface area (TPSA) is 51.2 Å². The number of hydrogen-bond donors (Lipinski definition) is 0. The number of aryl methyl sites for hydroxylation is 1. The minimum absolute atomic E-state index is 0.462. The Morgan fingerprint density at radius 3 is 1.62 bits per heavy atom. The molecule has 0 aliphatic carbocycles. The van der Waals surface area contributed by atoms with Gasteiger partial charge in [0.15, 0.2) is 0 Å². The minimum atomic E-state index is -3.76. The summed E-state index contributed by atoms with van der Waals surface area (Å²) in [5.74, 6) is 0.462. The number of nitrogens with zero attached hydrogens (tertiary/aromatic N) is 2. The lowest BCUT2D eigenvalue weighted by Gasteiger charge is -2.23. The van der Waals surface area contributed by atoms with Gasteiger partial charge in [-0.25, -0.2) is 4.57 Å². The Balaban J connectivity index is 2.30. The Labute approximate surface area is 178 Å². The zero-order valence-electron chi connectivity index (χ0n) is 19.1. The first kappa shape index (κ1) is 26.1. The Kier molecular flexibility index (Phi) is 13.5. The van der Waals surface area contributed by atoms with Crippen molar-refractivity contribution in [3.8, 4) is 5.75 Å². The maximum absolute atomic E-state index is 12.7. The average Bonchev–Trinajstić information content (AvgIpc) is 2.63. The second-order valence-electron chi connectivity index (χ2n) is 7.90. The molecule has 0 saturated heterocycles. The fourth-order valence-corrected chi connectivity index (χ4v) is 4.39.